The van der Waals surface area contributed by atoms with Crippen LogP contribution < -0.4 is 10.1 Å². The first-order valence-electron chi connectivity index (χ1n) is 9.42. The Balaban J connectivity index is 1.73. The van der Waals surface area contributed by atoms with Gasteiger partial charge in [0.25, 0.3) is 0 Å². The van der Waals surface area contributed by atoms with Gasteiger partial charge in [0, 0.05) is 24.7 Å². The molecule has 5 rings (SSSR count). The Bertz CT molecular complexity index is 1060. The van der Waals surface area contributed by atoms with Gasteiger partial charge in [0.15, 0.2) is 5.54 Å². The number of phenolic OH excluding ortho intramolecular Hbond substituents is 1. The van der Waals surface area contributed by atoms with Crippen LogP contribution in [0.1, 0.15) is 29.5 Å². The lowest BCUT2D eigenvalue weighted by atomic mass is 9.70. The van der Waals surface area contributed by atoms with Crippen LogP contribution in [0.2, 0.25) is 0 Å². The summed E-state index contributed by atoms with van der Waals surface area (Å²) in [6.45, 7) is 8.60. The molecule has 0 saturated carbocycles. The number of carbonyl (C=O) groups excluding carboxylic acids is 1. The van der Waals surface area contributed by atoms with E-state index in [1.165, 1.54) is 10.5 Å². The summed E-state index contributed by atoms with van der Waals surface area (Å²) in [5.41, 5.74) is 3.00. The van der Waals surface area contributed by atoms with Gasteiger partial charge in [0.05, 0.1) is 0 Å². The fraction of sp³-hybridized carbons (Fsp3) is 0.261. The Labute approximate surface area is 163 Å². The van der Waals surface area contributed by atoms with Crippen molar-refractivity contribution < 1.29 is 14.6 Å². The molecule has 2 spiro atoms. The first-order chi connectivity index (χ1) is 13.4. The van der Waals surface area contributed by atoms with Crippen LogP contribution in [0.5, 0.6) is 11.5 Å². The monoisotopic (exact) mass is 374 g/mol. The van der Waals surface area contributed by atoms with E-state index in [1.54, 1.807) is 25.2 Å². The number of phenols is 1. The quantitative estimate of drug-likeness (QED) is 0.734. The number of nitrogens with one attached hydrogen (secondary N) is 1. The number of urea groups is 1. The van der Waals surface area contributed by atoms with Crippen molar-refractivity contribution in [3.8, 4) is 11.5 Å². The smallest absolute Gasteiger partial charge is 0.322 e. The molecule has 0 aromatic heterocycles. The fourth-order valence-corrected chi connectivity index (χ4v) is 5.08. The molecule has 0 bridgehead atoms. The number of ether oxygens (including phenoxy) is 1. The minimum Gasteiger partial charge on any atom is -0.508 e. The average Bonchev–Trinajstić information content (AvgIpc) is 3.00. The maximum absolute atomic E-state index is 12.7. The van der Waals surface area contributed by atoms with Crippen molar-refractivity contribution in [2.24, 2.45) is 0 Å². The number of hydrogen-bond acceptors (Lipinski definition) is 3. The van der Waals surface area contributed by atoms with Gasteiger partial charge in [-0.25, -0.2) is 4.79 Å². The molecule has 3 aliphatic rings. The van der Waals surface area contributed by atoms with Crippen molar-refractivity contribution in [2.75, 3.05) is 7.05 Å². The number of benzene rings is 2. The Morgan fingerprint density at radius 3 is 2.75 bits per heavy atom. The summed E-state index contributed by atoms with van der Waals surface area (Å²) in [4.78, 5) is 14.2. The molecule has 2 amide bonds. The molecule has 2 heterocycles. The molecule has 2 atom stereocenters. The highest BCUT2D eigenvalue weighted by molar-refractivity contribution is 5.84. The van der Waals surface area contributed by atoms with Crippen molar-refractivity contribution in [1.82, 2.24) is 10.2 Å². The molecule has 2 aliphatic heterocycles. The van der Waals surface area contributed by atoms with Gasteiger partial charge in [0.2, 0.25) is 0 Å². The number of fused-ring (bicyclic) bond motifs is 4. The molecule has 0 radical (unpaired) electrons. The second kappa shape index (κ2) is 5.41. The van der Waals surface area contributed by atoms with Crippen LogP contribution in [-0.4, -0.2) is 28.7 Å². The van der Waals surface area contributed by atoms with Gasteiger partial charge in [0.1, 0.15) is 17.1 Å². The van der Waals surface area contributed by atoms with Crippen molar-refractivity contribution in [3.63, 3.8) is 0 Å². The number of carbonyl (C=O) groups is 1. The Morgan fingerprint density at radius 2 is 2.00 bits per heavy atom. The number of hydrogen-bond donors (Lipinski definition) is 2. The highest BCUT2D eigenvalue weighted by atomic mass is 16.5. The summed E-state index contributed by atoms with van der Waals surface area (Å²) >= 11 is 0. The number of amides is 2. The summed E-state index contributed by atoms with van der Waals surface area (Å²) in [6.07, 6.45) is 2.03. The molecule has 1 aliphatic carbocycles. The van der Waals surface area contributed by atoms with Crippen LogP contribution in [0.25, 0.3) is 5.57 Å². The first kappa shape index (κ1) is 16.9. The molecule has 2 aromatic rings. The maximum Gasteiger partial charge on any atom is 0.322 e. The lowest BCUT2D eigenvalue weighted by molar-refractivity contribution is 0.0228. The molecule has 2 N–H and O–H groups in total. The van der Waals surface area contributed by atoms with Crippen molar-refractivity contribution in [3.05, 3.63) is 78.0 Å². The number of aromatic hydroxyl groups is 1. The van der Waals surface area contributed by atoms with E-state index in [0.717, 1.165) is 23.1 Å². The molecule has 5 heteroatoms. The number of rotatable bonds is 0. The summed E-state index contributed by atoms with van der Waals surface area (Å²) in [5.74, 6) is 0.791. The lowest BCUT2D eigenvalue weighted by Gasteiger charge is -2.42. The summed E-state index contributed by atoms with van der Waals surface area (Å²) in [5, 5.41) is 13.3. The summed E-state index contributed by atoms with van der Waals surface area (Å²) in [7, 11) is 1.71. The van der Waals surface area contributed by atoms with E-state index < -0.39 is 11.1 Å². The largest absolute Gasteiger partial charge is 0.508 e. The molecular formula is C23H22N2O3. The van der Waals surface area contributed by atoms with E-state index in [9.17, 15) is 9.90 Å². The van der Waals surface area contributed by atoms with Gasteiger partial charge in [-0.1, -0.05) is 37.4 Å². The van der Waals surface area contributed by atoms with E-state index in [0.29, 0.717) is 24.3 Å². The zero-order valence-electron chi connectivity index (χ0n) is 15.8. The number of likely N-dealkylation sites (N-methyl/N-ethyl adjacent to an activating group) is 1. The average molecular weight is 374 g/mol. The first-order valence-corrected chi connectivity index (χ1v) is 9.42. The van der Waals surface area contributed by atoms with Crippen LogP contribution in [0.4, 0.5) is 4.79 Å². The van der Waals surface area contributed by atoms with Gasteiger partial charge >= 0.3 is 6.03 Å². The lowest BCUT2D eigenvalue weighted by Crippen LogP contribution is -2.58. The molecule has 142 valence electrons. The Hall–Kier alpha value is -3.21. The van der Waals surface area contributed by atoms with Crippen LogP contribution in [0.15, 0.2) is 61.3 Å². The Morgan fingerprint density at radius 1 is 1.21 bits per heavy atom. The van der Waals surface area contributed by atoms with Gasteiger partial charge in [-0.3, -0.25) is 4.90 Å². The van der Waals surface area contributed by atoms with Crippen molar-refractivity contribution >= 4 is 11.6 Å². The Kier molecular flexibility index (Phi) is 3.27. The molecule has 1 saturated heterocycles. The second-order valence-corrected chi connectivity index (χ2v) is 7.90. The normalized spacial score (nSPS) is 28.2. The fourth-order valence-electron chi connectivity index (χ4n) is 5.08. The van der Waals surface area contributed by atoms with Gasteiger partial charge in [-0.05, 0) is 47.7 Å². The van der Waals surface area contributed by atoms with Crippen LogP contribution in [0.3, 0.4) is 0 Å². The molecule has 5 nitrogen and oxygen atoms in total. The van der Waals surface area contributed by atoms with Crippen LogP contribution in [-0.2, 0) is 12.0 Å². The predicted octanol–water partition coefficient (Wildman–Crippen LogP) is 3.94. The predicted molar refractivity (Wildman–Crippen MR) is 107 cm³/mol. The van der Waals surface area contributed by atoms with E-state index in [2.05, 4.69) is 30.6 Å². The van der Waals surface area contributed by atoms with Crippen LogP contribution >= 0.6 is 0 Å². The van der Waals surface area contributed by atoms with E-state index in [4.69, 9.17) is 4.74 Å². The highest BCUT2D eigenvalue weighted by Gasteiger charge is 2.66. The van der Waals surface area contributed by atoms with Crippen molar-refractivity contribution in [1.29, 1.82) is 0 Å². The second-order valence-electron chi connectivity index (χ2n) is 7.90. The molecule has 2 aromatic carbocycles. The molecule has 28 heavy (non-hydrogen) atoms. The van der Waals surface area contributed by atoms with E-state index in [1.807, 2.05) is 12.1 Å². The third kappa shape index (κ3) is 1.93. The maximum atomic E-state index is 12.7. The number of aryl methyl sites for hydroxylation is 1. The SMILES string of the molecule is C=C1CC2(CCc3ccccc31)Oc1ccc(O)cc1C21NC(=O)N(C)C1=C. The standard InChI is InChI=1S/C23H22N2O3/c1-14-13-22(11-10-16-6-4-5-7-18(14)16)23(15(2)25(3)21(27)24-23)19-12-17(26)8-9-20(19)28-22/h4-9,12,26H,1-2,10-11,13H2,3H3,(H,24,27). The molecule has 1 fully saturated rings. The highest BCUT2D eigenvalue weighted by Crippen LogP contribution is 2.59. The summed E-state index contributed by atoms with van der Waals surface area (Å²) in [6, 6.07) is 13.1. The minimum atomic E-state index is -0.947. The topological polar surface area (TPSA) is 61.8 Å². The summed E-state index contributed by atoms with van der Waals surface area (Å²) < 4.78 is 6.60. The van der Waals surface area contributed by atoms with Gasteiger partial charge in [-0.2, -0.15) is 0 Å². The zero-order chi connectivity index (χ0) is 19.7. The molecule has 2 unspecified atom stereocenters. The van der Waals surface area contributed by atoms with E-state index in [-0.39, 0.29) is 11.8 Å². The van der Waals surface area contributed by atoms with Gasteiger partial charge < -0.3 is 15.2 Å². The third-order valence-electron chi connectivity index (χ3n) is 6.49. The van der Waals surface area contributed by atoms with Crippen molar-refractivity contribution in [2.45, 2.75) is 30.4 Å². The molecular weight excluding hydrogens is 352 g/mol. The number of nitrogens with zero attached hydrogens (tertiary/aromatic N) is 1. The minimum absolute atomic E-state index is 0.131. The van der Waals surface area contributed by atoms with E-state index >= 15 is 0 Å². The van der Waals surface area contributed by atoms with Gasteiger partial charge in [-0.15, -0.1) is 0 Å². The van der Waals surface area contributed by atoms with Crippen LogP contribution in [0, 0.1) is 0 Å². The zero-order valence-corrected chi connectivity index (χ0v) is 15.8. The third-order valence-corrected chi connectivity index (χ3v) is 6.49.